The molecule has 2 aliphatic heterocycles. The predicted octanol–water partition coefficient (Wildman–Crippen LogP) is 2.92. The lowest BCUT2D eigenvalue weighted by Crippen LogP contribution is -2.32. The van der Waals surface area contributed by atoms with E-state index < -0.39 is 0 Å². The second kappa shape index (κ2) is 7.24. The summed E-state index contributed by atoms with van der Waals surface area (Å²) in [5.74, 6) is 1.04. The van der Waals surface area contributed by atoms with E-state index in [9.17, 15) is 9.18 Å². The van der Waals surface area contributed by atoms with Crippen LogP contribution in [0.25, 0.3) is 0 Å². The number of carbonyl (C=O) groups is 1. The number of halogens is 3. The molecule has 0 saturated carbocycles. The van der Waals surface area contributed by atoms with Crippen molar-refractivity contribution in [2.75, 3.05) is 26.2 Å². The molecule has 2 atom stereocenters. The van der Waals surface area contributed by atoms with Gasteiger partial charge in [0.05, 0.1) is 0 Å². The van der Waals surface area contributed by atoms with Gasteiger partial charge in [0.25, 0.3) is 5.91 Å². The van der Waals surface area contributed by atoms with Gasteiger partial charge < -0.3 is 10.2 Å². The molecule has 2 aliphatic rings. The minimum atomic E-state index is -0.313. The van der Waals surface area contributed by atoms with Crippen molar-refractivity contribution in [1.29, 1.82) is 0 Å². The Hall–Kier alpha value is -0.400. The highest BCUT2D eigenvalue weighted by molar-refractivity contribution is 14.1. The van der Waals surface area contributed by atoms with Crippen molar-refractivity contribution in [3.63, 3.8) is 0 Å². The van der Waals surface area contributed by atoms with Crippen molar-refractivity contribution in [3.8, 4) is 0 Å². The van der Waals surface area contributed by atoms with Crippen LogP contribution in [0.2, 0.25) is 0 Å². The van der Waals surface area contributed by atoms with E-state index in [-0.39, 0.29) is 24.1 Å². The molecule has 3 nitrogen and oxygen atoms in total. The first-order valence-electron chi connectivity index (χ1n) is 7.10. The first-order chi connectivity index (χ1) is 9.65. The molecular weight excluding hydrogens is 406 g/mol. The van der Waals surface area contributed by atoms with Gasteiger partial charge in [-0.05, 0) is 78.6 Å². The molecule has 1 aromatic rings. The molecular formula is C15H19ClFIN2O. The highest BCUT2D eigenvalue weighted by Crippen LogP contribution is 2.27. The molecule has 0 aliphatic carbocycles. The molecule has 6 heteroatoms. The Labute approximate surface area is 144 Å². The van der Waals surface area contributed by atoms with Gasteiger partial charge in [-0.25, -0.2) is 4.39 Å². The maximum absolute atomic E-state index is 13.6. The number of amides is 1. The van der Waals surface area contributed by atoms with Crippen molar-refractivity contribution in [1.82, 2.24) is 10.2 Å². The zero-order chi connectivity index (χ0) is 14.1. The van der Waals surface area contributed by atoms with E-state index in [1.165, 1.54) is 6.07 Å². The molecule has 1 amide bonds. The minimum absolute atomic E-state index is 0. The summed E-state index contributed by atoms with van der Waals surface area (Å²) in [7, 11) is 0. The molecule has 0 aromatic heterocycles. The SMILES string of the molecule is Cl.O=C(c1ccc(I)c(F)c1)N1CC[C@@H]2CNC[C@@H]2CC1. The van der Waals surface area contributed by atoms with E-state index in [4.69, 9.17) is 0 Å². The molecule has 0 bridgehead atoms. The van der Waals surface area contributed by atoms with Crippen LogP contribution < -0.4 is 5.32 Å². The molecule has 1 aromatic carbocycles. The van der Waals surface area contributed by atoms with Crippen molar-refractivity contribution in [2.24, 2.45) is 11.8 Å². The van der Waals surface area contributed by atoms with E-state index in [1.807, 2.05) is 27.5 Å². The van der Waals surface area contributed by atoms with E-state index in [0.29, 0.717) is 21.0 Å². The van der Waals surface area contributed by atoms with Gasteiger partial charge in [0, 0.05) is 22.2 Å². The number of fused-ring (bicyclic) bond motifs is 1. The van der Waals surface area contributed by atoms with Crippen LogP contribution in [0.4, 0.5) is 4.39 Å². The summed E-state index contributed by atoms with van der Waals surface area (Å²) in [4.78, 5) is 14.4. The number of hydrogen-bond donors (Lipinski definition) is 1. The number of hydrogen-bond acceptors (Lipinski definition) is 2. The number of likely N-dealkylation sites (tertiary alicyclic amines) is 1. The van der Waals surface area contributed by atoms with Crippen LogP contribution in [0.1, 0.15) is 23.2 Å². The van der Waals surface area contributed by atoms with Crippen LogP contribution in [0.15, 0.2) is 18.2 Å². The number of benzene rings is 1. The summed E-state index contributed by atoms with van der Waals surface area (Å²) in [6, 6.07) is 4.75. The molecule has 0 spiro atoms. The van der Waals surface area contributed by atoms with Gasteiger partial charge in [-0.15, -0.1) is 12.4 Å². The third-order valence-electron chi connectivity index (χ3n) is 4.47. The number of carbonyl (C=O) groups excluding carboxylic acids is 1. The third-order valence-corrected chi connectivity index (χ3v) is 5.35. The van der Waals surface area contributed by atoms with Gasteiger partial charge in [0.15, 0.2) is 0 Å². The molecule has 21 heavy (non-hydrogen) atoms. The minimum Gasteiger partial charge on any atom is -0.339 e. The highest BCUT2D eigenvalue weighted by atomic mass is 127. The Balaban J connectivity index is 0.00000161. The third kappa shape index (κ3) is 3.68. The zero-order valence-corrected chi connectivity index (χ0v) is 14.6. The topological polar surface area (TPSA) is 32.3 Å². The lowest BCUT2D eigenvalue weighted by atomic mass is 9.92. The quantitative estimate of drug-likeness (QED) is 0.703. The Morgan fingerprint density at radius 1 is 1.24 bits per heavy atom. The molecule has 116 valence electrons. The monoisotopic (exact) mass is 424 g/mol. The molecule has 3 rings (SSSR count). The van der Waals surface area contributed by atoms with Crippen molar-refractivity contribution in [2.45, 2.75) is 12.8 Å². The number of nitrogens with one attached hydrogen (secondary N) is 1. The standard InChI is InChI=1S/C15H18FIN2O.ClH/c16-13-7-10(1-2-14(13)17)15(20)19-5-3-11-8-18-9-12(11)4-6-19;/h1-2,7,11-12,18H,3-6,8-9H2;1H/t11-,12+;. The fraction of sp³-hybridized carbons (Fsp3) is 0.533. The number of rotatable bonds is 1. The number of nitrogens with zero attached hydrogens (tertiary/aromatic N) is 1. The fourth-order valence-electron chi connectivity index (χ4n) is 3.23. The van der Waals surface area contributed by atoms with Gasteiger partial charge in [-0.2, -0.15) is 0 Å². The molecule has 0 radical (unpaired) electrons. The Morgan fingerprint density at radius 3 is 2.43 bits per heavy atom. The molecule has 2 saturated heterocycles. The summed E-state index contributed by atoms with van der Waals surface area (Å²) in [6.07, 6.45) is 2.10. The summed E-state index contributed by atoms with van der Waals surface area (Å²) in [5, 5.41) is 3.43. The summed E-state index contributed by atoms with van der Waals surface area (Å²) in [5.41, 5.74) is 0.466. The Bertz CT molecular complexity index is 514. The van der Waals surface area contributed by atoms with Crippen LogP contribution in [-0.2, 0) is 0 Å². The van der Waals surface area contributed by atoms with Crippen molar-refractivity contribution >= 4 is 40.9 Å². The molecule has 2 heterocycles. The van der Waals surface area contributed by atoms with Crippen LogP contribution in [0.3, 0.4) is 0 Å². The second-order valence-electron chi connectivity index (χ2n) is 5.68. The average molecular weight is 425 g/mol. The van der Waals surface area contributed by atoms with Gasteiger partial charge in [-0.3, -0.25) is 4.79 Å². The van der Waals surface area contributed by atoms with Crippen LogP contribution in [0.5, 0.6) is 0 Å². The summed E-state index contributed by atoms with van der Waals surface area (Å²) >= 11 is 1.94. The summed E-state index contributed by atoms with van der Waals surface area (Å²) in [6.45, 7) is 3.72. The highest BCUT2D eigenvalue weighted by Gasteiger charge is 2.31. The van der Waals surface area contributed by atoms with Crippen molar-refractivity contribution in [3.05, 3.63) is 33.1 Å². The van der Waals surface area contributed by atoms with E-state index >= 15 is 0 Å². The van der Waals surface area contributed by atoms with E-state index in [1.54, 1.807) is 12.1 Å². The Kier molecular flexibility index (Phi) is 5.85. The largest absolute Gasteiger partial charge is 0.339 e. The summed E-state index contributed by atoms with van der Waals surface area (Å²) < 4.78 is 14.1. The average Bonchev–Trinajstić information content (AvgIpc) is 2.80. The van der Waals surface area contributed by atoms with Gasteiger partial charge >= 0.3 is 0 Å². The normalized spacial score (nSPS) is 25.0. The zero-order valence-electron chi connectivity index (χ0n) is 11.6. The maximum Gasteiger partial charge on any atom is 0.253 e. The second-order valence-corrected chi connectivity index (χ2v) is 6.84. The van der Waals surface area contributed by atoms with Crippen LogP contribution in [0, 0.1) is 21.2 Å². The first kappa shape index (κ1) is 17.0. The molecule has 0 unspecified atom stereocenters. The lowest BCUT2D eigenvalue weighted by Gasteiger charge is -2.21. The van der Waals surface area contributed by atoms with Crippen LogP contribution >= 0.6 is 35.0 Å². The molecule has 2 fully saturated rings. The molecule has 1 N–H and O–H groups in total. The van der Waals surface area contributed by atoms with E-state index in [0.717, 1.165) is 39.0 Å². The Morgan fingerprint density at radius 2 is 1.86 bits per heavy atom. The smallest absolute Gasteiger partial charge is 0.253 e. The van der Waals surface area contributed by atoms with Crippen LogP contribution in [-0.4, -0.2) is 37.0 Å². The predicted molar refractivity (Wildman–Crippen MR) is 91.4 cm³/mol. The van der Waals surface area contributed by atoms with Gasteiger partial charge in [0.2, 0.25) is 0 Å². The first-order valence-corrected chi connectivity index (χ1v) is 8.18. The van der Waals surface area contributed by atoms with Gasteiger partial charge in [-0.1, -0.05) is 0 Å². The lowest BCUT2D eigenvalue weighted by molar-refractivity contribution is 0.0758. The van der Waals surface area contributed by atoms with Crippen molar-refractivity contribution < 1.29 is 9.18 Å². The maximum atomic E-state index is 13.6. The van der Waals surface area contributed by atoms with Gasteiger partial charge in [0.1, 0.15) is 5.82 Å². The fourth-order valence-corrected chi connectivity index (χ4v) is 3.57. The van der Waals surface area contributed by atoms with E-state index in [2.05, 4.69) is 5.32 Å².